The Bertz CT molecular complexity index is 762. The van der Waals surface area contributed by atoms with Crippen LogP contribution >= 0.6 is 0 Å². The lowest BCUT2D eigenvalue weighted by molar-refractivity contribution is -0.137. The van der Waals surface area contributed by atoms with E-state index in [-0.39, 0.29) is 12.2 Å². The first-order valence-electron chi connectivity index (χ1n) is 6.30. The van der Waals surface area contributed by atoms with E-state index in [1.54, 1.807) is 11.6 Å². The highest BCUT2D eigenvalue weighted by atomic mass is 19.4. The molecule has 1 heterocycles. The van der Waals surface area contributed by atoms with Crippen molar-refractivity contribution in [3.05, 3.63) is 41.5 Å². The van der Waals surface area contributed by atoms with Crippen LogP contribution in [0.3, 0.4) is 0 Å². The van der Waals surface area contributed by atoms with E-state index >= 15 is 0 Å². The molecule has 0 unspecified atom stereocenters. The minimum absolute atomic E-state index is 0.0603. The van der Waals surface area contributed by atoms with Crippen molar-refractivity contribution in [1.29, 1.82) is 5.26 Å². The number of hydrogen-bond donors (Lipinski definition) is 2. The van der Waals surface area contributed by atoms with Gasteiger partial charge in [0.25, 0.3) is 0 Å². The molecule has 10 heteroatoms. The summed E-state index contributed by atoms with van der Waals surface area (Å²) in [6, 6.07) is 3.69. The van der Waals surface area contributed by atoms with Crippen LogP contribution in [-0.4, -0.2) is 20.8 Å². The quantitative estimate of drug-likeness (QED) is 0.903. The molecule has 2 N–H and O–H groups in total. The average Bonchev–Trinajstić information content (AvgIpc) is 2.89. The van der Waals surface area contributed by atoms with Crippen molar-refractivity contribution in [2.75, 3.05) is 5.32 Å². The molecule has 2 rings (SSSR count). The third-order valence-corrected chi connectivity index (χ3v) is 2.92. The van der Waals surface area contributed by atoms with E-state index in [2.05, 4.69) is 20.8 Å². The van der Waals surface area contributed by atoms with Crippen LogP contribution in [0.5, 0.6) is 0 Å². The maximum Gasteiger partial charge on any atom is 0.417 e. The maximum absolute atomic E-state index is 12.8. The number of aryl methyl sites for hydroxylation is 1. The van der Waals surface area contributed by atoms with Gasteiger partial charge in [0.2, 0.25) is 0 Å². The fraction of sp³-hybridized carbons (Fsp3) is 0.231. The molecule has 23 heavy (non-hydrogen) atoms. The van der Waals surface area contributed by atoms with Crippen LogP contribution in [0.15, 0.2) is 24.5 Å². The van der Waals surface area contributed by atoms with E-state index in [4.69, 9.17) is 5.26 Å². The molecule has 0 aliphatic heterocycles. The fourth-order valence-corrected chi connectivity index (χ4v) is 1.76. The first-order valence-corrected chi connectivity index (χ1v) is 6.30. The number of benzene rings is 1. The summed E-state index contributed by atoms with van der Waals surface area (Å²) >= 11 is 0. The molecule has 1 aromatic carbocycles. The number of carbonyl (C=O) groups is 1. The van der Waals surface area contributed by atoms with Gasteiger partial charge in [-0.2, -0.15) is 18.4 Å². The van der Waals surface area contributed by atoms with E-state index in [9.17, 15) is 18.0 Å². The Balaban J connectivity index is 2.07. The van der Waals surface area contributed by atoms with Gasteiger partial charge >= 0.3 is 12.2 Å². The van der Waals surface area contributed by atoms with E-state index < -0.39 is 23.3 Å². The minimum atomic E-state index is -4.68. The van der Waals surface area contributed by atoms with Crippen LogP contribution in [0.4, 0.5) is 23.7 Å². The fourth-order valence-electron chi connectivity index (χ4n) is 1.76. The zero-order chi connectivity index (χ0) is 17.0. The van der Waals surface area contributed by atoms with Crippen LogP contribution in [-0.2, 0) is 19.8 Å². The molecule has 7 nitrogen and oxygen atoms in total. The molecule has 0 spiro atoms. The first-order chi connectivity index (χ1) is 10.8. The van der Waals surface area contributed by atoms with Crippen LogP contribution in [0.1, 0.15) is 17.0 Å². The summed E-state index contributed by atoms with van der Waals surface area (Å²) in [5.41, 5.74) is -1.69. The summed E-state index contributed by atoms with van der Waals surface area (Å²) < 4.78 is 40.1. The van der Waals surface area contributed by atoms with Gasteiger partial charge in [-0.25, -0.2) is 4.79 Å². The lowest BCUT2D eigenvalue weighted by atomic mass is 10.1. The molecule has 120 valence electrons. The number of alkyl halides is 3. The molecular weight excluding hydrogens is 313 g/mol. The summed E-state index contributed by atoms with van der Waals surface area (Å²) in [5.74, 6) is 0.482. The number of amides is 2. The number of aromatic nitrogens is 3. The van der Waals surface area contributed by atoms with Crippen molar-refractivity contribution >= 4 is 11.7 Å². The van der Waals surface area contributed by atoms with Crippen molar-refractivity contribution in [3.63, 3.8) is 0 Å². The first kappa shape index (κ1) is 16.3. The lowest BCUT2D eigenvalue weighted by Crippen LogP contribution is -2.29. The Morgan fingerprint density at radius 3 is 2.74 bits per heavy atom. The third-order valence-electron chi connectivity index (χ3n) is 2.92. The Morgan fingerprint density at radius 2 is 2.17 bits per heavy atom. The lowest BCUT2D eigenvalue weighted by Gasteiger charge is -2.12. The second kappa shape index (κ2) is 6.35. The summed E-state index contributed by atoms with van der Waals surface area (Å²) in [6.07, 6.45) is -3.23. The zero-order valence-electron chi connectivity index (χ0n) is 11.8. The topological polar surface area (TPSA) is 95.6 Å². The van der Waals surface area contributed by atoms with Gasteiger partial charge in [0.1, 0.15) is 6.33 Å². The molecule has 0 atom stereocenters. The molecule has 0 fully saturated rings. The smallest absolute Gasteiger partial charge is 0.331 e. The normalized spacial score (nSPS) is 10.9. The van der Waals surface area contributed by atoms with Gasteiger partial charge < -0.3 is 15.2 Å². The number of hydrogen-bond acceptors (Lipinski definition) is 4. The Labute approximate surface area is 128 Å². The SMILES string of the molecule is Cn1cnnc1CNC(=O)Nc1ccc(C#N)c(C(F)(F)F)c1. The van der Waals surface area contributed by atoms with Crippen molar-refractivity contribution in [1.82, 2.24) is 20.1 Å². The van der Waals surface area contributed by atoms with Crippen LogP contribution in [0.2, 0.25) is 0 Å². The number of nitrogens with one attached hydrogen (secondary N) is 2. The van der Waals surface area contributed by atoms with Gasteiger partial charge in [0, 0.05) is 12.7 Å². The minimum Gasteiger partial charge on any atom is -0.331 e. The summed E-state index contributed by atoms with van der Waals surface area (Å²) in [5, 5.41) is 20.8. The van der Waals surface area contributed by atoms with Crippen molar-refractivity contribution < 1.29 is 18.0 Å². The molecule has 0 aliphatic rings. The zero-order valence-corrected chi connectivity index (χ0v) is 11.8. The van der Waals surface area contributed by atoms with E-state index in [1.165, 1.54) is 18.5 Å². The largest absolute Gasteiger partial charge is 0.417 e. The monoisotopic (exact) mass is 324 g/mol. The van der Waals surface area contributed by atoms with Gasteiger partial charge in [-0.1, -0.05) is 0 Å². The highest BCUT2D eigenvalue weighted by Gasteiger charge is 2.33. The second-order valence-corrected chi connectivity index (χ2v) is 4.54. The number of halogens is 3. The number of rotatable bonds is 3. The standard InChI is InChI=1S/C13H11F3N6O/c1-22-7-19-21-11(22)6-18-12(23)20-9-3-2-8(5-17)10(4-9)13(14,15)16/h2-4,7H,6H2,1H3,(H2,18,20,23). The number of anilines is 1. The molecule has 2 aromatic rings. The number of urea groups is 1. The highest BCUT2D eigenvalue weighted by molar-refractivity contribution is 5.89. The van der Waals surface area contributed by atoms with Crippen LogP contribution < -0.4 is 10.6 Å². The predicted molar refractivity (Wildman–Crippen MR) is 73.0 cm³/mol. The molecule has 0 saturated carbocycles. The average molecular weight is 324 g/mol. The van der Waals surface area contributed by atoms with Gasteiger partial charge in [-0.05, 0) is 18.2 Å². The van der Waals surface area contributed by atoms with Gasteiger partial charge in [-0.3, -0.25) is 0 Å². The molecule has 0 radical (unpaired) electrons. The van der Waals surface area contributed by atoms with E-state index in [0.717, 1.165) is 6.07 Å². The van der Waals surface area contributed by atoms with Gasteiger partial charge in [0.15, 0.2) is 5.82 Å². The molecule has 2 amide bonds. The Kier molecular flexibility index (Phi) is 4.49. The number of nitriles is 1. The molecule has 0 aliphatic carbocycles. The molecule has 0 bridgehead atoms. The Hall–Kier alpha value is -3.09. The highest BCUT2D eigenvalue weighted by Crippen LogP contribution is 2.33. The van der Waals surface area contributed by atoms with Gasteiger partial charge in [0.05, 0.1) is 23.7 Å². The van der Waals surface area contributed by atoms with Crippen molar-refractivity contribution in [2.24, 2.45) is 7.05 Å². The van der Waals surface area contributed by atoms with E-state index in [1.807, 2.05) is 0 Å². The number of nitrogens with zero attached hydrogens (tertiary/aromatic N) is 4. The second-order valence-electron chi connectivity index (χ2n) is 4.54. The van der Waals surface area contributed by atoms with Crippen LogP contribution in [0, 0.1) is 11.3 Å². The Morgan fingerprint density at radius 1 is 1.43 bits per heavy atom. The summed E-state index contributed by atoms with van der Waals surface area (Å²) in [6.45, 7) is 0.0603. The van der Waals surface area contributed by atoms with Crippen molar-refractivity contribution in [2.45, 2.75) is 12.7 Å². The van der Waals surface area contributed by atoms with Gasteiger partial charge in [-0.15, -0.1) is 10.2 Å². The summed E-state index contributed by atoms with van der Waals surface area (Å²) in [4.78, 5) is 11.7. The molecular formula is C13H11F3N6O. The van der Waals surface area contributed by atoms with E-state index in [0.29, 0.717) is 11.9 Å². The third kappa shape index (κ3) is 3.97. The van der Waals surface area contributed by atoms with Crippen molar-refractivity contribution in [3.8, 4) is 6.07 Å². The predicted octanol–water partition coefficient (Wildman–Crippen LogP) is 2.03. The maximum atomic E-state index is 12.8. The van der Waals surface area contributed by atoms with Crippen LogP contribution in [0.25, 0.3) is 0 Å². The molecule has 1 aromatic heterocycles. The molecule has 0 saturated heterocycles. The summed E-state index contributed by atoms with van der Waals surface area (Å²) in [7, 11) is 1.69. The number of carbonyl (C=O) groups excluding carboxylic acids is 1.